The summed E-state index contributed by atoms with van der Waals surface area (Å²) < 4.78 is 4.74. The molecule has 0 aliphatic heterocycles. The highest BCUT2D eigenvalue weighted by molar-refractivity contribution is 5.80. The summed E-state index contributed by atoms with van der Waals surface area (Å²) in [5.74, 6) is -0.772. The van der Waals surface area contributed by atoms with E-state index in [1.165, 1.54) is 12.3 Å². The van der Waals surface area contributed by atoms with Crippen LogP contribution in [-0.2, 0) is 15.1 Å². The second-order valence-corrected chi connectivity index (χ2v) is 3.00. The molecule has 3 N–H and O–H groups in total. The zero-order chi connectivity index (χ0) is 11.3. The molecule has 0 spiro atoms. The fourth-order valence-corrected chi connectivity index (χ4v) is 1.15. The molecule has 0 saturated carbocycles. The maximum Gasteiger partial charge on any atom is 0.345 e. The van der Waals surface area contributed by atoms with Gasteiger partial charge in [-0.05, 0) is 19.1 Å². The lowest BCUT2D eigenvalue weighted by molar-refractivity contribution is -0.165. The lowest BCUT2D eigenvalue weighted by atomic mass is 9.99. The minimum absolute atomic E-state index is 0.188. The Labute approximate surface area is 87.9 Å². The Morgan fingerprint density at radius 3 is 2.87 bits per heavy atom. The molecule has 1 aromatic heterocycles. The molecule has 0 fully saturated rings. The summed E-state index contributed by atoms with van der Waals surface area (Å²) in [7, 11) is 0. The number of nitrogens with zero attached hydrogens (tertiary/aromatic N) is 1. The van der Waals surface area contributed by atoms with Gasteiger partial charge in [0.15, 0.2) is 0 Å². The Morgan fingerprint density at radius 1 is 1.67 bits per heavy atom. The van der Waals surface area contributed by atoms with E-state index in [2.05, 4.69) is 4.98 Å². The topological polar surface area (TPSA) is 85.4 Å². The number of rotatable bonds is 4. The smallest absolute Gasteiger partial charge is 0.345 e. The van der Waals surface area contributed by atoms with Gasteiger partial charge in [0.1, 0.15) is 0 Å². The fourth-order valence-electron chi connectivity index (χ4n) is 1.15. The molecule has 0 aliphatic rings. The number of pyridine rings is 1. The van der Waals surface area contributed by atoms with E-state index in [-0.39, 0.29) is 18.8 Å². The van der Waals surface area contributed by atoms with Gasteiger partial charge in [0.25, 0.3) is 0 Å². The molecule has 1 rings (SSSR count). The van der Waals surface area contributed by atoms with E-state index in [9.17, 15) is 9.90 Å². The molecule has 5 nitrogen and oxygen atoms in total. The van der Waals surface area contributed by atoms with Gasteiger partial charge < -0.3 is 15.6 Å². The minimum Gasteiger partial charge on any atom is -0.464 e. The number of aromatic nitrogens is 1. The minimum atomic E-state index is -1.85. The predicted molar refractivity (Wildman–Crippen MR) is 53.8 cm³/mol. The third kappa shape index (κ3) is 2.31. The van der Waals surface area contributed by atoms with Crippen molar-refractivity contribution < 1.29 is 14.6 Å². The van der Waals surface area contributed by atoms with Gasteiger partial charge in [0.2, 0.25) is 5.60 Å². The van der Waals surface area contributed by atoms with Crippen molar-refractivity contribution in [1.82, 2.24) is 4.98 Å². The van der Waals surface area contributed by atoms with Crippen molar-refractivity contribution in [3.05, 3.63) is 30.1 Å². The summed E-state index contributed by atoms with van der Waals surface area (Å²) in [5, 5.41) is 10.0. The number of carbonyl (C=O) groups is 1. The SMILES string of the molecule is CCOC(=O)C(O)(CN)c1ccccn1. The molecule has 0 bridgehead atoms. The number of nitrogens with two attached hydrogens (primary N) is 1. The Kier molecular flexibility index (Phi) is 3.76. The van der Waals surface area contributed by atoms with Crippen molar-refractivity contribution in [2.24, 2.45) is 5.73 Å². The molecular formula is C10H14N2O3. The van der Waals surface area contributed by atoms with E-state index < -0.39 is 11.6 Å². The lowest BCUT2D eigenvalue weighted by Crippen LogP contribution is -2.44. The van der Waals surface area contributed by atoms with Crippen molar-refractivity contribution in [3.63, 3.8) is 0 Å². The molecule has 82 valence electrons. The van der Waals surface area contributed by atoms with Crippen LogP contribution in [0.1, 0.15) is 12.6 Å². The van der Waals surface area contributed by atoms with Gasteiger partial charge in [-0.3, -0.25) is 4.98 Å². The van der Waals surface area contributed by atoms with Gasteiger partial charge in [0, 0.05) is 12.7 Å². The second-order valence-electron chi connectivity index (χ2n) is 3.00. The molecule has 0 aliphatic carbocycles. The van der Waals surface area contributed by atoms with E-state index in [0.717, 1.165) is 0 Å². The maximum absolute atomic E-state index is 11.5. The van der Waals surface area contributed by atoms with E-state index in [0.29, 0.717) is 0 Å². The van der Waals surface area contributed by atoms with Crippen LogP contribution in [0.25, 0.3) is 0 Å². The quantitative estimate of drug-likeness (QED) is 0.672. The Bertz CT molecular complexity index is 329. The van der Waals surface area contributed by atoms with Crippen molar-refractivity contribution in [1.29, 1.82) is 0 Å². The van der Waals surface area contributed by atoms with E-state index in [1.807, 2.05) is 0 Å². The standard InChI is InChI=1S/C10H14N2O3/c1-2-15-9(13)10(14,7-11)8-5-3-4-6-12-8/h3-6,14H,2,7,11H2,1H3. The number of aliphatic hydroxyl groups is 1. The summed E-state index contributed by atoms with van der Waals surface area (Å²) in [5.41, 5.74) is 3.73. The van der Waals surface area contributed by atoms with Gasteiger partial charge >= 0.3 is 5.97 Å². The second kappa shape index (κ2) is 4.86. The van der Waals surface area contributed by atoms with Crippen LogP contribution < -0.4 is 5.73 Å². The average Bonchev–Trinajstić information content (AvgIpc) is 2.29. The van der Waals surface area contributed by atoms with E-state index >= 15 is 0 Å². The molecule has 0 radical (unpaired) electrons. The fraction of sp³-hybridized carbons (Fsp3) is 0.400. The summed E-state index contributed by atoms with van der Waals surface area (Å²) in [6, 6.07) is 4.89. The highest BCUT2D eigenvalue weighted by atomic mass is 16.5. The van der Waals surface area contributed by atoms with Crippen LogP contribution in [0.15, 0.2) is 24.4 Å². The zero-order valence-corrected chi connectivity index (χ0v) is 8.51. The van der Waals surface area contributed by atoms with Crippen molar-refractivity contribution in [2.75, 3.05) is 13.2 Å². The van der Waals surface area contributed by atoms with Crippen molar-refractivity contribution >= 4 is 5.97 Å². The molecule has 0 saturated heterocycles. The first-order valence-corrected chi connectivity index (χ1v) is 4.66. The van der Waals surface area contributed by atoms with Crippen LogP contribution in [0, 0.1) is 0 Å². The van der Waals surface area contributed by atoms with Gasteiger partial charge in [-0.2, -0.15) is 0 Å². The summed E-state index contributed by atoms with van der Waals surface area (Å²) in [6.07, 6.45) is 1.48. The van der Waals surface area contributed by atoms with Gasteiger partial charge in [-0.25, -0.2) is 4.79 Å². The molecule has 0 amide bonds. The van der Waals surface area contributed by atoms with Crippen LogP contribution in [0.3, 0.4) is 0 Å². The monoisotopic (exact) mass is 210 g/mol. The third-order valence-electron chi connectivity index (χ3n) is 2.00. The maximum atomic E-state index is 11.5. The molecule has 5 heteroatoms. The molecule has 0 aromatic carbocycles. The van der Waals surface area contributed by atoms with Crippen molar-refractivity contribution in [3.8, 4) is 0 Å². The van der Waals surface area contributed by atoms with Crippen LogP contribution in [0.2, 0.25) is 0 Å². The number of hydrogen-bond acceptors (Lipinski definition) is 5. The van der Waals surface area contributed by atoms with Crippen molar-refractivity contribution in [2.45, 2.75) is 12.5 Å². The molecule has 1 aromatic rings. The van der Waals surface area contributed by atoms with Crippen LogP contribution in [0.5, 0.6) is 0 Å². The van der Waals surface area contributed by atoms with Gasteiger partial charge in [-0.1, -0.05) is 6.07 Å². The van der Waals surface area contributed by atoms with E-state index in [1.54, 1.807) is 19.1 Å². The van der Waals surface area contributed by atoms with E-state index in [4.69, 9.17) is 10.5 Å². The predicted octanol–water partition coefficient (Wildman–Crippen LogP) is -0.209. The number of esters is 1. The normalized spacial score (nSPS) is 14.3. The summed E-state index contributed by atoms with van der Waals surface area (Å²) in [6.45, 7) is 1.59. The van der Waals surface area contributed by atoms with Crippen LogP contribution in [0.4, 0.5) is 0 Å². The Balaban J connectivity index is 3.00. The molecule has 1 atom stereocenters. The first kappa shape index (κ1) is 11.6. The summed E-state index contributed by atoms with van der Waals surface area (Å²) >= 11 is 0. The first-order valence-electron chi connectivity index (χ1n) is 4.66. The highest BCUT2D eigenvalue weighted by Crippen LogP contribution is 2.19. The van der Waals surface area contributed by atoms with Gasteiger partial charge in [-0.15, -0.1) is 0 Å². The zero-order valence-electron chi connectivity index (χ0n) is 8.51. The Hall–Kier alpha value is -1.46. The van der Waals surface area contributed by atoms with Gasteiger partial charge in [0.05, 0.1) is 12.3 Å². The van der Waals surface area contributed by atoms with Crippen LogP contribution in [-0.4, -0.2) is 29.2 Å². The molecular weight excluding hydrogens is 196 g/mol. The molecule has 15 heavy (non-hydrogen) atoms. The molecule has 1 heterocycles. The summed E-state index contributed by atoms with van der Waals surface area (Å²) in [4.78, 5) is 15.4. The lowest BCUT2D eigenvalue weighted by Gasteiger charge is -2.23. The number of ether oxygens (including phenoxy) is 1. The largest absolute Gasteiger partial charge is 0.464 e. The first-order chi connectivity index (χ1) is 7.15. The highest BCUT2D eigenvalue weighted by Gasteiger charge is 2.39. The Morgan fingerprint density at radius 2 is 2.40 bits per heavy atom. The van der Waals surface area contributed by atoms with Crippen LogP contribution >= 0.6 is 0 Å². The number of hydrogen-bond donors (Lipinski definition) is 2. The third-order valence-corrected chi connectivity index (χ3v) is 2.00. The average molecular weight is 210 g/mol. The molecule has 1 unspecified atom stereocenters. The number of carbonyl (C=O) groups excluding carboxylic acids is 1.